The Kier molecular flexibility index (Phi) is 4.34. The molecule has 2 aromatic rings. The Morgan fingerprint density at radius 3 is 2.86 bits per heavy atom. The molecule has 0 aliphatic heterocycles. The smallest absolute Gasteiger partial charge is 0.351 e. The SMILES string of the molecule is COC(=O)c1sc(Oc2c(F)cccc2[N+](=O)[O-])nc1Cl. The van der Waals surface area contributed by atoms with Crippen LogP contribution in [0.15, 0.2) is 18.2 Å². The van der Waals surface area contributed by atoms with Gasteiger partial charge >= 0.3 is 11.7 Å². The van der Waals surface area contributed by atoms with Crippen LogP contribution in [0, 0.1) is 15.9 Å². The lowest BCUT2D eigenvalue weighted by Crippen LogP contribution is -1.98. The van der Waals surface area contributed by atoms with Crippen LogP contribution in [0.2, 0.25) is 5.15 Å². The fourth-order valence-electron chi connectivity index (χ4n) is 1.37. The quantitative estimate of drug-likeness (QED) is 0.484. The molecular weight excluding hydrogens is 327 g/mol. The van der Waals surface area contributed by atoms with Gasteiger partial charge in [-0.15, -0.1) is 0 Å². The molecule has 0 aliphatic rings. The van der Waals surface area contributed by atoms with Crippen molar-refractivity contribution in [3.63, 3.8) is 0 Å². The Morgan fingerprint density at radius 2 is 2.24 bits per heavy atom. The molecule has 21 heavy (non-hydrogen) atoms. The number of benzene rings is 1. The van der Waals surface area contributed by atoms with Crippen LogP contribution in [0.1, 0.15) is 9.67 Å². The van der Waals surface area contributed by atoms with Gasteiger partial charge in [0, 0.05) is 6.07 Å². The zero-order valence-corrected chi connectivity index (χ0v) is 11.9. The number of methoxy groups -OCH3 is 1. The van der Waals surface area contributed by atoms with E-state index in [9.17, 15) is 19.3 Å². The Morgan fingerprint density at radius 1 is 1.52 bits per heavy atom. The molecule has 0 atom stereocenters. The van der Waals surface area contributed by atoms with Crippen molar-refractivity contribution >= 4 is 34.6 Å². The minimum atomic E-state index is -0.935. The highest BCUT2D eigenvalue weighted by molar-refractivity contribution is 7.15. The monoisotopic (exact) mass is 332 g/mol. The van der Waals surface area contributed by atoms with E-state index in [0.717, 1.165) is 19.2 Å². The molecule has 1 aromatic carbocycles. The summed E-state index contributed by atoms with van der Waals surface area (Å²) in [7, 11) is 1.15. The molecule has 0 bridgehead atoms. The fraction of sp³-hybridized carbons (Fsp3) is 0.0909. The lowest BCUT2D eigenvalue weighted by Gasteiger charge is -2.03. The highest BCUT2D eigenvalue weighted by Gasteiger charge is 2.24. The maximum Gasteiger partial charge on any atom is 0.351 e. The van der Waals surface area contributed by atoms with E-state index in [1.807, 2.05) is 0 Å². The molecule has 0 N–H and O–H groups in total. The number of hydrogen-bond donors (Lipinski definition) is 0. The molecule has 10 heteroatoms. The topological polar surface area (TPSA) is 91.6 Å². The number of para-hydroxylation sites is 1. The molecule has 0 saturated carbocycles. The van der Waals surface area contributed by atoms with Gasteiger partial charge in [0.15, 0.2) is 15.8 Å². The molecule has 7 nitrogen and oxygen atoms in total. The summed E-state index contributed by atoms with van der Waals surface area (Å²) in [6, 6.07) is 3.25. The summed E-state index contributed by atoms with van der Waals surface area (Å²) < 4.78 is 23.2. The standard InChI is InChI=1S/C11H6ClFN2O5S/c1-19-10(16)8-9(12)14-11(21-8)20-7-5(13)3-2-4-6(7)15(17)18/h2-4H,1H3. The minimum absolute atomic E-state index is 0.0480. The average molecular weight is 333 g/mol. The van der Waals surface area contributed by atoms with Crippen molar-refractivity contribution < 1.29 is 23.6 Å². The molecular formula is C11H6ClFN2O5S. The summed E-state index contributed by atoms with van der Waals surface area (Å²) in [5.41, 5.74) is -0.569. The number of rotatable bonds is 4. The Labute approximate surface area is 126 Å². The van der Waals surface area contributed by atoms with Crippen molar-refractivity contribution in [1.29, 1.82) is 0 Å². The summed E-state index contributed by atoms with van der Waals surface area (Å²) in [6.07, 6.45) is 0. The number of aromatic nitrogens is 1. The molecule has 0 saturated heterocycles. The Balaban J connectivity index is 2.39. The van der Waals surface area contributed by atoms with Crippen LogP contribution in [0.4, 0.5) is 10.1 Å². The zero-order chi connectivity index (χ0) is 15.6. The van der Waals surface area contributed by atoms with E-state index in [0.29, 0.717) is 11.3 Å². The first-order valence-electron chi connectivity index (χ1n) is 5.29. The van der Waals surface area contributed by atoms with Gasteiger partial charge in [0.25, 0.3) is 5.19 Å². The van der Waals surface area contributed by atoms with E-state index in [1.54, 1.807) is 0 Å². The first-order chi connectivity index (χ1) is 9.93. The van der Waals surface area contributed by atoms with Crippen LogP contribution in [0.5, 0.6) is 10.9 Å². The van der Waals surface area contributed by atoms with Crippen molar-refractivity contribution in [2.24, 2.45) is 0 Å². The molecule has 1 heterocycles. The third-order valence-electron chi connectivity index (χ3n) is 2.27. The first-order valence-corrected chi connectivity index (χ1v) is 6.49. The summed E-state index contributed by atoms with van der Waals surface area (Å²) in [4.78, 5) is 25.0. The van der Waals surface area contributed by atoms with Gasteiger partial charge in [-0.25, -0.2) is 9.18 Å². The van der Waals surface area contributed by atoms with E-state index in [2.05, 4.69) is 9.72 Å². The van der Waals surface area contributed by atoms with Crippen LogP contribution in [0.3, 0.4) is 0 Å². The third-order valence-corrected chi connectivity index (χ3v) is 3.57. The molecule has 0 aliphatic carbocycles. The summed E-state index contributed by atoms with van der Waals surface area (Å²) in [5, 5.41) is 10.4. The second-order valence-electron chi connectivity index (χ2n) is 3.54. The van der Waals surface area contributed by atoms with Crippen LogP contribution >= 0.6 is 22.9 Å². The molecule has 0 amide bonds. The van der Waals surface area contributed by atoms with E-state index in [1.165, 1.54) is 6.07 Å². The minimum Gasteiger partial charge on any atom is -0.465 e. The lowest BCUT2D eigenvalue weighted by molar-refractivity contribution is -0.385. The number of halogens is 2. The van der Waals surface area contributed by atoms with Gasteiger partial charge in [0.1, 0.15) is 0 Å². The summed E-state index contributed by atoms with van der Waals surface area (Å²) in [5.74, 6) is -2.28. The highest BCUT2D eigenvalue weighted by atomic mass is 35.5. The number of hydrogen-bond acceptors (Lipinski definition) is 7. The van der Waals surface area contributed by atoms with Crippen LogP contribution < -0.4 is 4.74 Å². The number of nitrogens with zero attached hydrogens (tertiary/aromatic N) is 2. The maximum atomic E-state index is 13.7. The molecule has 0 fully saturated rings. The van der Waals surface area contributed by atoms with E-state index in [-0.39, 0.29) is 15.2 Å². The number of esters is 1. The molecule has 0 unspecified atom stereocenters. The van der Waals surface area contributed by atoms with Crippen LogP contribution in [0.25, 0.3) is 0 Å². The number of carbonyl (C=O) groups is 1. The first kappa shape index (κ1) is 15.1. The van der Waals surface area contributed by atoms with Crippen LogP contribution in [-0.2, 0) is 4.74 Å². The number of nitro groups is 1. The van der Waals surface area contributed by atoms with Gasteiger partial charge in [-0.3, -0.25) is 10.1 Å². The van der Waals surface area contributed by atoms with Gasteiger partial charge in [0.2, 0.25) is 5.75 Å². The van der Waals surface area contributed by atoms with Crippen molar-refractivity contribution in [2.75, 3.05) is 7.11 Å². The molecule has 110 valence electrons. The van der Waals surface area contributed by atoms with Crippen LogP contribution in [-0.4, -0.2) is 23.0 Å². The molecule has 0 radical (unpaired) electrons. The van der Waals surface area contributed by atoms with Gasteiger partial charge < -0.3 is 9.47 Å². The second-order valence-corrected chi connectivity index (χ2v) is 4.86. The molecule has 0 spiro atoms. The van der Waals surface area contributed by atoms with E-state index >= 15 is 0 Å². The van der Waals surface area contributed by atoms with Gasteiger partial charge in [-0.2, -0.15) is 4.98 Å². The number of carbonyl (C=O) groups excluding carboxylic acids is 1. The third kappa shape index (κ3) is 3.09. The predicted molar refractivity (Wildman–Crippen MR) is 71.6 cm³/mol. The zero-order valence-electron chi connectivity index (χ0n) is 10.3. The van der Waals surface area contributed by atoms with Gasteiger partial charge in [0.05, 0.1) is 12.0 Å². The average Bonchev–Trinajstić information content (AvgIpc) is 2.80. The van der Waals surface area contributed by atoms with Crippen molar-refractivity contribution in [1.82, 2.24) is 4.98 Å². The molecule has 1 aromatic heterocycles. The van der Waals surface area contributed by atoms with Crippen molar-refractivity contribution in [2.45, 2.75) is 0 Å². The van der Waals surface area contributed by atoms with E-state index < -0.39 is 28.1 Å². The Bertz CT molecular complexity index is 721. The fourth-order valence-corrected chi connectivity index (χ4v) is 2.43. The predicted octanol–water partition coefficient (Wildman–Crippen LogP) is 3.42. The number of thiazole rings is 1. The summed E-state index contributed by atoms with van der Waals surface area (Å²) in [6.45, 7) is 0. The maximum absolute atomic E-state index is 13.7. The van der Waals surface area contributed by atoms with E-state index in [4.69, 9.17) is 16.3 Å². The lowest BCUT2D eigenvalue weighted by atomic mass is 10.3. The Hall–Kier alpha value is -2.26. The van der Waals surface area contributed by atoms with Crippen molar-refractivity contribution in [3.8, 4) is 10.9 Å². The van der Waals surface area contributed by atoms with Gasteiger partial charge in [-0.05, 0) is 6.07 Å². The van der Waals surface area contributed by atoms with Crippen molar-refractivity contribution in [3.05, 3.63) is 44.2 Å². The highest BCUT2D eigenvalue weighted by Crippen LogP contribution is 2.37. The van der Waals surface area contributed by atoms with Gasteiger partial charge in [-0.1, -0.05) is 29.0 Å². The largest absolute Gasteiger partial charge is 0.465 e. The number of ether oxygens (including phenoxy) is 2. The second kappa shape index (κ2) is 6.02. The summed E-state index contributed by atoms with van der Waals surface area (Å²) >= 11 is 6.40. The molecule has 2 rings (SSSR count). The normalized spacial score (nSPS) is 10.2. The number of nitro benzene ring substituents is 1.